The molecule has 0 N–H and O–H groups in total. The predicted molar refractivity (Wildman–Crippen MR) is 110 cm³/mol. The molecule has 168 valence electrons. The van der Waals surface area contributed by atoms with Gasteiger partial charge in [-0.25, -0.2) is 18.6 Å². The Kier molecular flexibility index (Phi) is 6.43. The third-order valence-corrected chi connectivity index (χ3v) is 4.46. The first kappa shape index (κ1) is 23.2. The fourth-order valence-corrected chi connectivity index (χ4v) is 3.02. The standard InChI is InChI=1S/C22H24ClF2NO5/c1-12(2)29-19-16(23)6-13(9-26-19)30-18-8-17(24)14(20(27)31-21(3,4)5)7-15(18)22(25)10-28-11-22/h6-9,12H,10-11H2,1-5H3. The highest BCUT2D eigenvalue weighted by Crippen LogP contribution is 2.42. The summed E-state index contributed by atoms with van der Waals surface area (Å²) < 4.78 is 51.4. The first-order valence-corrected chi connectivity index (χ1v) is 10.1. The second-order valence-corrected chi connectivity index (χ2v) is 8.92. The third-order valence-electron chi connectivity index (χ3n) is 4.19. The molecule has 0 amide bonds. The van der Waals surface area contributed by atoms with Gasteiger partial charge < -0.3 is 18.9 Å². The van der Waals surface area contributed by atoms with E-state index in [1.807, 2.05) is 13.8 Å². The number of rotatable bonds is 6. The minimum atomic E-state index is -1.93. The van der Waals surface area contributed by atoms with Gasteiger partial charge in [0.25, 0.3) is 0 Å². The predicted octanol–water partition coefficient (Wildman–Crippen LogP) is 5.60. The van der Waals surface area contributed by atoms with Crippen LogP contribution in [-0.4, -0.2) is 35.9 Å². The minimum Gasteiger partial charge on any atom is -0.474 e. The van der Waals surface area contributed by atoms with Crippen molar-refractivity contribution in [2.24, 2.45) is 0 Å². The fraction of sp³-hybridized carbons (Fsp3) is 0.455. The summed E-state index contributed by atoms with van der Waals surface area (Å²) in [7, 11) is 0. The van der Waals surface area contributed by atoms with Crippen molar-refractivity contribution in [1.82, 2.24) is 4.98 Å². The van der Waals surface area contributed by atoms with Crippen LogP contribution >= 0.6 is 11.6 Å². The molecular weight excluding hydrogens is 432 g/mol. The number of esters is 1. The number of ether oxygens (including phenoxy) is 4. The number of pyridine rings is 1. The molecule has 0 bridgehead atoms. The lowest BCUT2D eigenvalue weighted by Crippen LogP contribution is -2.43. The highest BCUT2D eigenvalue weighted by molar-refractivity contribution is 6.31. The summed E-state index contributed by atoms with van der Waals surface area (Å²) >= 11 is 6.17. The molecule has 2 heterocycles. The zero-order chi connectivity index (χ0) is 23.0. The number of hydrogen-bond donors (Lipinski definition) is 0. The van der Waals surface area contributed by atoms with Gasteiger partial charge in [0.2, 0.25) is 5.88 Å². The average Bonchev–Trinajstić information content (AvgIpc) is 2.60. The molecule has 0 spiro atoms. The molecule has 1 fully saturated rings. The van der Waals surface area contributed by atoms with Gasteiger partial charge in [0.15, 0.2) is 5.67 Å². The fourth-order valence-electron chi connectivity index (χ4n) is 2.82. The largest absolute Gasteiger partial charge is 0.474 e. The smallest absolute Gasteiger partial charge is 0.341 e. The van der Waals surface area contributed by atoms with Crippen LogP contribution in [0.5, 0.6) is 17.4 Å². The Labute approximate surface area is 184 Å². The molecule has 2 aromatic rings. The van der Waals surface area contributed by atoms with Crippen molar-refractivity contribution in [1.29, 1.82) is 0 Å². The molecule has 0 aliphatic carbocycles. The van der Waals surface area contributed by atoms with Crippen molar-refractivity contribution < 1.29 is 32.5 Å². The molecule has 1 aliphatic rings. The summed E-state index contributed by atoms with van der Waals surface area (Å²) in [5.74, 6) is -1.57. The summed E-state index contributed by atoms with van der Waals surface area (Å²) in [6.45, 7) is 8.12. The lowest BCUT2D eigenvalue weighted by atomic mass is 9.91. The van der Waals surface area contributed by atoms with Crippen molar-refractivity contribution in [3.05, 3.63) is 46.4 Å². The maximum atomic E-state index is 15.3. The quantitative estimate of drug-likeness (QED) is 0.528. The van der Waals surface area contributed by atoms with E-state index in [1.54, 1.807) is 20.8 Å². The number of benzene rings is 1. The maximum Gasteiger partial charge on any atom is 0.341 e. The number of carbonyl (C=O) groups excluding carboxylic acids is 1. The highest BCUT2D eigenvalue weighted by atomic mass is 35.5. The second kappa shape index (κ2) is 8.59. The van der Waals surface area contributed by atoms with Crippen LogP contribution < -0.4 is 9.47 Å². The summed E-state index contributed by atoms with van der Waals surface area (Å²) in [5, 5.41) is 0.181. The van der Waals surface area contributed by atoms with E-state index in [0.29, 0.717) is 0 Å². The third kappa shape index (κ3) is 5.43. The van der Waals surface area contributed by atoms with E-state index in [1.165, 1.54) is 12.3 Å². The molecule has 1 aliphatic heterocycles. The van der Waals surface area contributed by atoms with E-state index < -0.39 is 28.6 Å². The van der Waals surface area contributed by atoms with Gasteiger partial charge in [-0.2, -0.15) is 0 Å². The number of halogens is 3. The normalized spacial score (nSPS) is 15.4. The molecule has 3 rings (SSSR count). The zero-order valence-corrected chi connectivity index (χ0v) is 18.7. The molecule has 1 saturated heterocycles. The van der Waals surface area contributed by atoms with Crippen LogP contribution in [0, 0.1) is 5.82 Å². The van der Waals surface area contributed by atoms with Crippen LogP contribution in [-0.2, 0) is 15.1 Å². The number of aromatic nitrogens is 1. The molecule has 0 atom stereocenters. The summed E-state index contributed by atoms with van der Waals surface area (Å²) in [4.78, 5) is 16.5. The van der Waals surface area contributed by atoms with Crippen molar-refractivity contribution >= 4 is 17.6 Å². The molecule has 0 radical (unpaired) electrons. The van der Waals surface area contributed by atoms with Crippen LogP contribution in [0.3, 0.4) is 0 Å². The second-order valence-electron chi connectivity index (χ2n) is 8.51. The van der Waals surface area contributed by atoms with Gasteiger partial charge in [0, 0.05) is 17.7 Å². The zero-order valence-electron chi connectivity index (χ0n) is 17.9. The first-order chi connectivity index (χ1) is 14.4. The van der Waals surface area contributed by atoms with Gasteiger partial charge in [-0.05, 0) is 40.7 Å². The van der Waals surface area contributed by atoms with Gasteiger partial charge in [0.05, 0.1) is 31.1 Å². The van der Waals surface area contributed by atoms with E-state index in [4.69, 9.17) is 30.5 Å². The van der Waals surface area contributed by atoms with E-state index in [0.717, 1.165) is 12.1 Å². The van der Waals surface area contributed by atoms with E-state index >= 15 is 4.39 Å². The van der Waals surface area contributed by atoms with Crippen LogP contribution in [0.25, 0.3) is 0 Å². The Hall–Kier alpha value is -2.45. The lowest BCUT2D eigenvalue weighted by molar-refractivity contribution is -0.136. The average molecular weight is 456 g/mol. The Balaban J connectivity index is 1.97. The monoisotopic (exact) mass is 455 g/mol. The lowest BCUT2D eigenvalue weighted by Gasteiger charge is -2.35. The number of alkyl halides is 1. The highest BCUT2D eigenvalue weighted by Gasteiger charge is 2.44. The van der Waals surface area contributed by atoms with E-state index in [-0.39, 0.29) is 47.3 Å². The van der Waals surface area contributed by atoms with Crippen molar-refractivity contribution in [3.63, 3.8) is 0 Å². The van der Waals surface area contributed by atoms with Crippen molar-refractivity contribution in [2.45, 2.75) is 52.0 Å². The maximum absolute atomic E-state index is 15.3. The van der Waals surface area contributed by atoms with Gasteiger partial charge in [0.1, 0.15) is 27.9 Å². The van der Waals surface area contributed by atoms with Crippen LogP contribution in [0.1, 0.15) is 50.5 Å². The van der Waals surface area contributed by atoms with E-state index in [9.17, 15) is 9.18 Å². The molecule has 1 aromatic heterocycles. The van der Waals surface area contributed by atoms with Gasteiger partial charge in [-0.1, -0.05) is 11.6 Å². The molecule has 0 unspecified atom stereocenters. The Bertz CT molecular complexity index is 987. The van der Waals surface area contributed by atoms with Gasteiger partial charge in [-0.3, -0.25) is 0 Å². The number of nitrogens with zero attached hydrogens (tertiary/aromatic N) is 1. The molecule has 0 saturated carbocycles. The van der Waals surface area contributed by atoms with Crippen molar-refractivity contribution in [2.75, 3.05) is 13.2 Å². The molecule has 9 heteroatoms. The van der Waals surface area contributed by atoms with Crippen molar-refractivity contribution in [3.8, 4) is 17.4 Å². The van der Waals surface area contributed by atoms with Crippen LogP contribution in [0.4, 0.5) is 8.78 Å². The molecule has 1 aromatic carbocycles. The molecule has 31 heavy (non-hydrogen) atoms. The van der Waals surface area contributed by atoms with Crippen LogP contribution in [0.15, 0.2) is 24.4 Å². The van der Waals surface area contributed by atoms with Crippen LogP contribution in [0.2, 0.25) is 5.02 Å². The Morgan fingerprint density at radius 2 is 1.94 bits per heavy atom. The summed E-state index contributed by atoms with van der Waals surface area (Å²) in [6.07, 6.45) is 1.19. The number of carbonyl (C=O) groups is 1. The Morgan fingerprint density at radius 1 is 1.26 bits per heavy atom. The molecular formula is C22H24ClF2NO5. The molecule has 6 nitrogen and oxygen atoms in total. The van der Waals surface area contributed by atoms with Gasteiger partial charge in [-0.15, -0.1) is 0 Å². The first-order valence-electron chi connectivity index (χ1n) is 9.72. The topological polar surface area (TPSA) is 66.9 Å². The SMILES string of the molecule is CC(C)Oc1ncc(Oc2cc(F)c(C(=O)OC(C)(C)C)cc2C2(F)COC2)cc1Cl. The minimum absolute atomic E-state index is 0.0281. The Morgan fingerprint density at radius 3 is 2.45 bits per heavy atom. The summed E-state index contributed by atoms with van der Waals surface area (Å²) in [5.41, 5.74) is -3.19. The summed E-state index contributed by atoms with van der Waals surface area (Å²) in [6, 6.07) is 3.48. The number of hydrogen-bond acceptors (Lipinski definition) is 6. The van der Waals surface area contributed by atoms with E-state index in [2.05, 4.69) is 4.98 Å². The van der Waals surface area contributed by atoms with Gasteiger partial charge >= 0.3 is 5.97 Å².